The van der Waals surface area contributed by atoms with E-state index in [4.69, 9.17) is 23.2 Å². The molecule has 0 unspecified atom stereocenters. The van der Waals surface area contributed by atoms with Gasteiger partial charge in [0, 0.05) is 5.56 Å². The molecule has 80 valence electrons. The number of rotatable bonds is 0. The molecule has 0 atom stereocenters. The predicted molar refractivity (Wildman–Crippen MR) is 66.6 cm³/mol. The Hall–Kier alpha value is -0.493. The lowest BCUT2D eigenvalue weighted by atomic mass is 10.2. The average molecular weight is 261 g/mol. The summed E-state index contributed by atoms with van der Waals surface area (Å²) in [4.78, 5) is 0. The molecule has 0 N–H and O–H groups in total. The number of benzene rings is 1. The van der Waals surface area contributed by atoms with Gasteiger partial charge in [0.15, 0.2) is 0 Å². The fourth-order valence-corrected chi connectivity index (χ4v) is 1.72. The number of hydrogen-bond acceptors (Lipinski definition) is 0. The Kier molecular flexibility index (Phi) is 3.83. The van der Waals surface area contributed by atoms with Gasteiger partial charge in [-0.3, -0.25) is 0 Å². The summed E-state index contributed by atoms with van der Waals surface area (Å²) in [6, 6.07) is 2.89. The fourth-order valence-electron chi connectivity index (χ4n) is 0.887. The van der Waals surface area contributed by atoms with Crippen LogP contribution in [0.2, 0.25) is 29.7 Å². The molecular formula is C11H11Cl2FSi. The largest absolute Gasteiger partial charge is 0.205 e. The maximum atomic E-state index is 13.2. The topological polar surface area (TPSA) is 0 Å². The number of hydrogen-bond donors (Lipinski definition) is 0. The summed E-state index contributed by atoms with van der Waals surface area (Å²) < 4.78 is 13.2. The summed E-state index contributed by atoms with van der Waals surface area (Å²) >= 11 is 11.3. The van der Waals surface area contributed by atoms with Crippen molar-refractivity contribution in [3.05, 3.63) is 33.6 Å². The van der Waals surface area contributed by atoms with Crippen molar-refractivity contribution >= 4 is 31.3 Å². The highest BCUT2D eigenvalue weighted by atomic mass is 35.5. The van der Waals surface area contributed by atoms with E-state index in [0.29, 0.717) is 5.56 Å². The Morgan fingerprint density at radius 2 is 1.80 bits per heavy atom. The first-order valence-corrected chi connectivity index (χ1v) is 8.73. The minimum atomic E-state index is -1.45. The van der Waals surface area contributed by atoms with Crippen molar-refractivity contribution in [1.29, 1.82) is 0 Å². The average Bonchev–Trinajstić information content (AvgIpc) is 2.09. The van der Waals surface area contributed by atoms with Crippen LogP contribution in [-0.4, -0.2) is 8.07 Å². The third-order valence-electron chi connectivity index (χ3n) is 1.57. The maximum Gasteiger partial charge on any atom is 0.144 e. The molecule has 1 rings (SSSR count). The molecule has 0 heterocycles. The van der Waals surface area contributed by atoms with Crippen molar-refractivity contribution in [2.75, 3.05) is 0 Å². The predicted octanol–water partition coefficient (Wildman–Crippen LogP) is 4.36. The smallest absolute Gasteiger partial charge is 0.144 e. The van der Waals surface area contributed by atoms with Crippen molar-refractivity contribution < 1.29 is 4.39 Å². The monoisotopic (exact) mass is 260 g/mol. The highest BCUT2D eigenvalue weighted by Gasteiger charge is 2.09. The molecule has 0 aliphatic heterocycles. The molecule has 0 nitrogen and oxygen atoms in total. The zero-order chi connectivity index (χ0) is 11.6. The van der Waals surface area contributed by atoms with Crippen LogP contribution in [-0.2, 0) is 0 Å². The van der Waals surface area contributed by atoms with Crippen molar-refractivity contribution in [3.63, 3.8) is 0 Å². The van der Waals surface area contributed by atoms with Crippen LogP contribution in [0.25, 0.3) is 0 Å². The quantitative estimate of drug-likeness (QED) is 0.370. The lowest BCUT2D eigenvalue weighted by Crippen LogP contribution is -2.16. The van der Waals surface area contributed by atoms with E-state index in [1.165, 1.54) is 6.07 Å². The molecule has 1 aromatic carbocycles. The van der Waals surface area contributed by atoms with Crippen LogP contribution >= 0.6 is 23.2 Å². The Balaban J connectivity index is 3.12. The molecule has 0 saturated heterocycles. The minimum absolute atomic E-state index is 0.0461. The van der Waals surface area contributed by atoms with Crippen LogP contribution in [0.3, 0.4) is 0 Å². The maximum absolute atomic E-state index is 13.2. The van der Waals surface area contributed by atoms with Gasteiger partial charge >= 0.3 is 0 Å². The first kappa shape index (κ1) is 12.6. The second-order valence-electron chi connectivity index (χ2n) is 4.25. The van der Waals surface area contributed by atoms with E-state index in [0.717, 1.165) is 0 Å². The molecule has 0 fully saturated rings. The van der Waals surface area contributed by atoms with Gasteiger partial charge in [-0.1, -0.05) is 48.8 Å². The molecule has 0 radical (unpaired) electrons. The zero-order valence-electron chi connectivity index (χ0n) is 8.79. The van der Waals surface area contributed by atoms with Crippen molar-refractivity contribution in [2.24, 2.45) is 0 Å². The number of halogens is 3. The Bertz CT molecular complexity index is 415. The van der Waals surface area contributed by atoms with Crippen LogP contribution in [0.15, 0.2) is 12.1 Å². The minimum Gasteiger partial charge on any atom is -0.205 e. The second kappa shape index (κ2) is 4.57. The third-order valence-corrected chi connectivity index (χ3v) is 3.22. The van der Waals surface area contributed by atoms with E-state index in [1.54, 1.807) is 6.07 Å². The standard InChI is InChI=1S/C11H11Cl2FSi/c1-15(2,3)5-4-8-6-9(12)11(13)10(14)7-8/h6-7H,1-3H3. The van der Waals surface area contributed by atoms with Gasteiger partial charge in [-0.2, -0.15) is 0 Å². The van der Waals surface area contributed by atoms with E-state index >= 15 is 0 Å². The van der Waals surface area contributed by atoms with E-state index < -0.39 is 13.9 Å². The van der Waals surface area contributed by atoms with E-state index in [1.807, 2.05) is 0 Å². The van der Waals surface area contributed by atoms with Gasteiger partial charge in [0.25, 0.3) is 0 Å². The molecule has 0 bridgehead atoms. The van der Waals surface area contributed by atoms with Gasteiger partial charge in [0.05, 0.1) is 10.0 Å². The van der Waals surface area contributed by atoms with Crippen LogP contribution in [0, 0.1) is 17.3 Å². The van der Waals surface area contributed by atoms with Gasteiger partial charge < -0.3 is 0 Å². The fraction of sp³-hybridized carbons (Fsp3) is 0.273. The first-order valence-electron chi connectivity index (χ1n) is 4.47. The van der Waals surface area contributed by atoms with Crippen LogP contribution < -0.4 is 0 Å². The van der Waals surface area contributed by atoms with Crippen LogP contribution in [0.1, 0.15) is 5.56 Å². The zero-order valence-corrected chi connectivity index (χ0v) is 11.3. The third kappa shape index (κ3) is 3.87. The van der Waals surface area contributed by atoms with Gasteiger partial charge in [-0.05, 0) is 12.1 Å². The Morgan fingerprint density at radius 3 is 2.27 bits per heavy atom. The lowest BCUT2D eigenvalue weighted by Gasteiger charge is -2.04. The normalized spacial score (nSPS) is 10.8. The molecule has 0 amide bonds. The van der Waals surface area contributed by atoms with E-state index in [9.17, 15) is 4.39 Å². The molecule has 0 aliphatic rings. The summed E-state index contributed by atoms with van der Waals surface area (Å²) in [6.07, 6.45) is 0. The summed E-state index contributed by atoms with van der Waals surface area (Å²) in [5, 5.41) is 0.159. The van der Waals surface area contributed by atoms with Crippen LogP contribution in [0.5, 0.6) is 0 Å². The molecule has 4 heteroatoms. The Morgan fingerprint density at radius 1 is 1.20 bits per heavy atom. The van der Waals surface area contributed by atoms with Gasteiger partial charge in [-0.15, -0.1) is 5.54 Å². The van der Waals surface area contributed by atoms with Crippen LogP contribution in [0.4, 0.5) is 4.39 Å². The highest BCUT2D eigenvalue weighted by Crippen LogP contribution is 2.25. The molecule has 0 saturated carbocycles. The molecule has 0 aromatic heterocycles. The molecule has 0 spiro atoms. The Labute approximate surface area is 100 Å². The lowest BCUT2D eigenvalue weighted by molar-refractivity contribution is 0.628. The second-order valence-corrected chi connectivity index (χ2v) is 9.79. The molecule has 1 aromatic rings. The van der Waals surface area contributed by atoms with Gasteiger partial charge in [-0.25, -0.2) is 4.39 Å². The van der Waals surface area contributed by atoms with E-state index in [-0.39, 0.29) is 10.0 Å². The summed E-state index contributed by atoms with van der Waals surface area (Å²) in [6.45, 7) is 6.36. The SMILES string of the molecule is C[Si](C)(C)C#Cc1cc(F)c(Cl)c(Cl)c1. The van der Waals surface area contributed by atoms with Gasteiger partial charge in [0.1, 0.15) is 13.9 Å². The van der Waals surface area contributed by atoms with Crippen molar-refractivity contribution in [3.8, 4) is 11.5 Å². The highest BCUT2D eigenvalue weighted by molar-refractivity contribution is 6.83. The molecule has 15 heavy (non-hydrogen) atoms. The summed E-state index contributed by atoms with van der Waals surface area (Å²) in [5.41, 5.74) is 3.71. The van der Waals surface area contributed by atoms with Gasteiger partial charge in [0.2, 0.25) is 0 Å². The first-order chi connectivity index (χ1) is 6.79. The molecular weight excluding hydrogens is 250 g/mol. The molecule has 0 aliphatic carbocycles. The summed E-state index contributed by atoms with van der Waals surface area (Å²) in [7, 11) is -1.45. The van der Waals surface area contributed by atoms with E-state index in [2.05, 4.69) is 31.1 Å². The summed E-state index contributed by atoms with van der Waals surface area (Å²) in [5.74, 6) is 2.40. The van der Waals surface area contributed by atoms with Crippen molar-refractivity contribution in [1.82, 2.24) is 0 Å². The van der Waals surface area contributed by atoms with Crippen molar-refractivity contribution in [2.45, 2.75) is 19.6 Å².